The van der Waals surface area contributed by atoms with Gasteiger partial charge >= 0.3 is 24.3 Å². The standard InChI is InChI=1S/C80H140N3O14PS/c1-6-9-12-15-18-21-24-27-30-33-36-39-42-45-48-51-57-89-72-63-70(67-93-77(86)55-54-76(85)91-61-62-95-98(99,94-60-56-81-5)96-68-74-71(84)65-75(97-74)83-66-69(4)79(87)82-80(83)88)64-73(90-58-52-49-46-43-40-37-34-31-28-25-22-19-16-13-10-7-2)78(72)92-59-53-50-47-44-41-38-35-32-29-26-23-20-17-14-11-8-3/h63-64,66,71,74-75,84H,6-62,65,67-68H2,1-4H3,(H,82,87,88)/t71?,74-,75-,98?/m1/s1. The molecule has 2 aromatic rings. The van der Waals surface area contributed by atoms with E-state index in [9.17, 15) is 24.3 Å². The van der Waals surface area contributed by atoms with Gasteiger partial charge in [0.2, 0.25) is 12.3 Å². The molecular formula is C80H140N3O14PS. The molecule has 0 amide bonds. The summed E-state index contributed by atoms with van der Waals surface area (Å²) in [6.45, 7) is 12.7. The third-order valence-corrected chi connectivity index (χ3v) is 21.3. The number of carbonyl (C=O) groups is 2. The molecule has 2 unspecified atom stereocenters. The molecular weight excluding hydrogens is 1290 g/mol. The number of nitrogens with zero attached hydrogens (tertiary/aromatic N) is 2. The van der Waals surface area contributed by atoms with Gasteiger partial charge in [0, 0.05) is 18.2 Å². The van der Waals surface area contributed by atoms with E-state index in [-0.39, 0.29) is 58.8 Å². The zero-order valence-electron chi connectivity index (χ0n) is 62.9. The van der Waals surface area contributed by atoms with Crippen molar-refractivity contribution in [3.05, 3.63) is 61.7 Å². The fourth-order valence-electron chi connectivity index (χ4n) is 12.7. The highest BCUT2D eigenvalue weighted by molar-refractivity contribution is 8.07. The molecule has 1 aromatic heterocycles. The third-order valence-electron chi connectivity index (χ3n) is 18.9. The smallest absolute Gasteiger partial charge is 0.330 e. The Morgan fingerprint density at radius 1 is 0.525 bits per heavy atom. The molecule has 17 nitrogen and oxygen atoms in total. The molecule has 99 heavy (non-hydrogen) atoms. The van der Waals surface area contributed by atoms with Crippen LogP contribution in [0.4, 0.5) is 0 Å². The number of aliphatic hydroxyl groups is 1. The van der Waals surface area contributed by atoms with Crippen LogP contribution in [0.2, 0.25) is 0 Å². The molecule has 2 heterocycles. The van der Waals surface area contributed by atoms with Gasteiger partial charge in [0.15, 0.2) is 11.5 Å². The van der Waals surface area contributed by atoms with Gasteiger partial charge in [-0.2, -0.15) is 0 Å². The number of nitrogens with one attached hydrogen (secondary N) is 1. The monoisotopic (exact) mass is 1430 g/mol. The minimum atomic E-state index is -3.56. The molecule has 1 aliphatic rings. The van der Waals surface area contributed by atoms with Crippen LogP contribution in [0.5, 0.6) is 17.2 Å². The van der Waals surface area contributed by atoms with Crippen LogP contribution in [-0.4, -0.2) is 91.6 Å². The first-order valence-corrected chi connectivity index (χ1v) is 42.9. The first kappa shape index (κ1) is 89.4. The number of unbranched alkanes of at least 4 members (excludes halogenated alkanes) is 45. The zero-order chi connectivity index (χ0) is 71.3. The highest BCUT2D eigenvalue weighted by Gasteiger charge is 2.38. The van der Waals surface area contributed by atoms with E-state index in [1.165, 1.54) is 280 Å². The van der Waals surface area contributed by atoms with Crippen molar-refractivity contribution in [3.63, 3.8) is 0 Å². The number of aryl methyl sites for hydroxylation is 1. The minimum absolute atomic E-state index is 0.0161. The number of esters is 2. The molecule has 19 heteroatoms. The molecule has 1 fully saturated rings. The maximum Gasteiger partial charge on any atom is 0.330 e. The molecule has 4 atom stereocenters. The van der Waals surface area contributed by atoms with Crippen LogP contribution in [0.25, 0.3) is 4.85 Å². The average molecular weight is 1430 g/mol. The van der Waals surface area contributed by atoms with Crippen molar-refractivity contribution in [2.75, 3.05) is 52.8 Å². The maximum absolute atomic E-state index is 13.3. The fraction of sp³-hybridized carbons (Fsp3) is 0.838. The maximum atomic E-state index is 13.3. The Kier molecular flexibility index (Phi) is 55.7. The third kappa shape index (κ3) is 46.5. The topological polar surface area (TPSA) is 197 Å². The molecule has 2 N–H and O–H groups in total. The van der Waals surface area contributed by atoms with Gasteiger partial charge in [-0.1, -0.05) is 310 Å². The first-order chi connectivity index (χ1) is 48.4. The number of aliphatic hydroxyl groups excluding tert-OH is 1. The van der Waals surface area contributed by atoms with Crippen LogP contribution in [0.15, 0.2) is 27.9 Å². The van der Waals surface area contributed by atoms with Gasteiger partial charge in [0.1, 0.15) is 32.2 Å². The van der Waals surface area contributed by atoms with E-state index in [1.807, 2.05) is 12.1 Å². The summed E-state index contributed by atoms with van der Waals surface area (Å²) in [5, 5.41) is 10.8. The van der Waals surface area contributed by atoms with Gasteiger partial charge in [-0.3, -0.25) is 23.9 Å². The van der Waals surface area contributed by atoms with E-state index in [1.54, 1.807) is 6.92 Å². The lowest BCUT2D eigenvalue weighted by molar-refractivity contribution is -0.151. The highest BCUT2D eigenvalue weighted by Crippen LogP contribution is 2.50. The van der Waals surface area contributed by atoms with Gasteiger partial charge in [0.05, 0.1) is 52.0 Å². The molecule has 3 rings (SSSR count). The predicted molar refractivity (Wildman–Crippen MR) is 406 cm³/mol. The summed E-state index contributed by atoms with van der Waals surface area (Å²) in [4.78, 5) is 56.2. The molecule has 0 spiro atoms. The summed E-state index contributed by atoms with van der Waals surface area (Å²) < 4.78 is 55.6. The Labute approximate surface area is 605 Å². The second kappa shape index (κ2) is 61.6. The molecule has 0 aliphatic carbocycles. The van der Waals surface area contributed by atoms with E-state index in [0.717, 1.165) is 38.5 Å². The number of ether oxygens (including phenoxy) is 6. The van der Waals surface area contributed by atoms with Crippen molar-refractivity contribution in [1.29, 1.82) is 0 Å². The van der Waals surface area contributed by atoms with Crippen molar-refractivity contribution < 1.29 is 56.7 Å². The van der Waals surface area contributed by atoms with Crippen LogP contribution in [0.3, 0.4) is 0 Å². The van der Waals surface area contributed by atoms with E-state index < -0.39 is 48.3 Å². The quantitative estimate of drug-likeness (QED) is 0.0274. The predicted octanol–water partition coefficient (Wildman–Crippen LogP) is 21.7. The Balaban J connectivity index is 1.58. The van der Waals surface area contributed by atoms with E-state index in [2.05, 4.69) is 30.6 Å². The lowest BCUT2D eigenvalue weighted by Gasteiger charge is -2.23. The number of benzene rings is 1. The van der Waals surface area contributed by atoms with E-state index in [4.69, 9.17) is 60.4 Å². The van der Waals surface area contributed by atoms with Gasteiger partial charge in [0.25, 0.3) is 5.56 Å². The molecule has 0 radical (unpaired) electrons. The van der Waals surface area contributed by atoms with Crippen LogP contribution in [0.1, 0.15) is 366 Å². The lowest BCUT2D eigenvalue weighted by atomic mass is 10.0. The highest BCUT2D eigenvalue weighted by atomic mass is 32.5. The Hall–Kier alpha value is -3.82. The molecule has 1 saturated heterocycles. The molecule has 0 bridgehead atoms. The minimum Gasteiger partial charge on any atom is -0.490 e. The molecule has 1 aliphatic heterocycles. The summed E-state index contributed by atoms with van der Waals surface area (Å²) in [5.41, 5.74) is -0.199. The molecule has 1 aromatic carbocycles. The largest absolute Gasteiger partial charge is 0.490 e. The fourth-order valence-corrected chi connectivity index (χ4v) is 14.5. The Morgan fingerprint density at radius 2 is 0.889 bits per heavy atom. The summed E-state index contributed by atoms with van der Waals surface area (Å²) in [6, 6.07) is 3.82. The van der Waals surface area contributed by atoms with Gasteiger partial charge in [-0.05, 0) is 55.7 Å². The van der Waals surface area contributed by atoms with Crippen LogP contribution in [-0.2, 0) is 55.8 Å². The Morgan fingerprint density at radius 3 is 1.28 bits per heavy atom. The van der Waals surface area contributed by atoms with Crippen LogP contribution >= 0.6 is 6.72 Å². The van der Waals surface area contributed by atoms with Crippen LogP contribution in [0, 0.1) is 13.5 Å². The molecule has 0 saturated carbocycles. The second-order valence-electron chi connectivity index (χ2n) is 28.0. The van der Waals surface area contributed by atoms with Crippen molar-refractivity contribution in [1.82, 2.24) is 9.55 Å². The van der Waals surface area contributed by atoms with E-state index in [0.29, 0.717) is 48.2 Å². The van der Waals surface area contributed by atoms with Crippen LogP contribution < -0.4 is 25.5 Å². The molecule has 570 valence electrons. The zero-order valence-corrected chi connectivity index (χ0v) is 64.6. The van der Waals surface area contributed by atoms with Gasteiger partial charge in [-0.15, -0.1) is 0 Å². The SMILES string of the molecule is [C-]#[N+]CCOP(=S)(OCCOC(=O)CCC(=O)OCc1cc(OCCCCCCCCCCCCCCCCCC)c(OCCCCCCCCCCCCCCCCCC)c(OCCCCCCCCCCCCCCCCCC)c1)OC[C@H]1O[C@@H](n2cc(C)c(=O)[nH]c2=O)CC1O. The van der Waals surface area contributed by atoms with Crippen molar-refractivity contribution in [2.45, 2.75) is 380 Å². The number of aromatic amines is 1. The van der Waals surface area contributed by atoms with Crippen molar-refractivity contribution >= 4 is 30.5 Å². The lowest BCUT2D eigenvalue weighted by Crippen LogP contribution is -2.33. The number of hydrogen-bond donors (Lipinski definition) is 2. The average Bonchev–Trinajstić information content (AvgIpc) is 1.78. The van der Waals surface area contributed by atoms with Crippen molar-refractivity contribution in [3.8, 4) is 17.2 Å². The van der Waals surface area contributed by atoms with Crippen molar-refractivity contribution in [2.24, 2.45) is 0 Å². The second-order valence-corrected chi connectivity index (χ2v) is 31.0. The summed E-state index contributed by atoms with van der Waals surface area (Å²) >= 11 is 5.61. The Bertz CT molecular complexity index is 2470. The number of H-pyrrole nitrogens is 1. The van der Waals surface area contributed by atoms with Gasteiger partial charge in [-0.25, -0.2) is 11.4 Å². The number of aromatic nitrogens is 2. The first-order valence-electron chi connectivity index (χ1n) is 40.3. The summed E-state index contributed by atoms with van der Waals surface area (Å²) in [6.07, 6.45) is 60.3. The normalized spacial score (nSPS) is 15.1. The van der Waals surface area contributed by atoms with Gasteiger partial charge < -0.3 is 51.9 Å². The number of hydrogen-bond acceptors (Lipinski definition) is 15. The number of carbonyl (C=O) groups excluding carboxylic acids is 2. The number of rotatable bonds is 70. The summed E-state index contributed by atoms with van der Waals surface area (Å²) in [7, 11) is 0. The summed E-state index contributed by atoms with van der Waals surface area (Å²) in [5.74, 6) is 0.566. The van der Waals surface area contributed by atoms with E-state index >= 15 is 0 Å².